The van der Waals surface area contributed by atoms with E-state index in [1.54, 1.807) is 0 Å². The molecule has 3 nitrogen and oxygen atoms in total. The zero-order chi connectivity index (χ0) is 16.9. The van der Waals surface area contributed by atoms with Gasteiger partial charge in [0.1, 0.15) is 5.75 Å². The zero-order valence-electron chi connectivity index (χ0n) is 13.8. The number of hydrogen-bond acceptors (Lipinski definition) is 3. The number of piperazine rings is 1. The molecule has 0 aliphatic carbocycles. The van der Waals surface area contributed by atoms with Gasteiger partial charge in [-0.05, 0) is 36.2 Å². The normalized spacial score (nSPS) is 16.8. The zero-order valence-corrected chi connectivity index (χ0v) is 15.3. The molecule has 1 saturated heterocycles. The van der Waals surface area contributed by atoms with Gasteiger partial charge in [-0.25, -0.2) is 0 Å². The molecule has 0 amide bonds. The van der Waals surface area contributed by atoms with E-state index < -0.39 is 0 Å². The van der Waals surface area contributed by atoms with Crippen molar-refractivity contribution < 1.29 is 4.74 Å². The van der Waals surface area contributed by atoms with Gasteiger partial charge in [0.15, 0.2) is 0 Å². The van der Waals surface area contributed by atoms with Crippen LogP contribution >= 0.6 is 23.2 Å². The van der Waals surface area contributed by atoms with E-state index in [1.165, 1.54) is 5.56 Å². The van der Waals surface area contributed by atoms with E-state index in [1.807, 2.05) is 31.2 Å². The first-order chi connectivity index (χ1) is 11.7. The van der Waals surface area contributed by atoms with E-state index in [2.05, 4.69) is 28.4 Å². The summed E-state index contributed by atoms with van der Waals surface area (Å²) in [7, 11) is 0. The van der Waals surface area contributed by atoms with Gasteiger partial charge < -0.3 is 10.1 Å². The number of nitrogens with zero attached hydrogens (tertiary/aromatic N) is 1. The van der Waals surface area contributed by atoms with Gasteiger partial charge in [0.25, 0.3) is 0 Å². The van der Waals surface area contributed by atoms with E-state index in [0.717, 1.165) is 37.5 Å². The predicted molar refractivity (Wildman–Crippen MR) is 100 cm³/mol. The minimum atomic E-state index is 0.0916. The van der Waals surface area contributed by atoms with Crippen molar-refractivity contribution in [1.29, 1.82) is 0 Å². The van der Waals surface area contributed by atoms with Gasteiger partial charge in [0.05, 0.1) is 22.7 Å². The Morgan fingerprint density at radius 1 is 1.08 bits per heavy atom. The summed E-state index contributed by atoms with van der Waals surface area (Å²) < 4.78 is 5.56. The quantitative estimate of drug-likeness (QED) is 0.851. The van der Waals surface area contributed by atoms with Gasteiger partial charge >= 0.3 is 0 Å². The highest BCUT2D eigenvalue weighted by atomic mass is 35.5. The van der Waals surface area contributed by atoms with Crippen molar-refractivity contribution in [1.82, 2.24) is 10.2 Å². The molecule has 2 aromatic rings. The second-order valence-corrected chi connectivity index (χ2v) is 6.62. The lowest BCUT2D eigenvalue weighted by Gasteiger charge is -2.36. The first-order valence-electron chi connectivity index (χ1n) is 8.32. The Balaban J connectivity index is 1.99. The van der Waals surface area contributed by atoms with E-state index in [9.17, 15) is 0 Å². The van der Waals surface area contributed by atoms with Gasteiger partial charge in [-0.1, -0.05) is 47.5 Å². The highest BCUT2D eigenvalue weighted by Gasteiger charge is 2.26. The third kappa shape index (κ3) is 3.86. The van der Waals surface area contributed by atoms with E-state index in [4.69, 9.17) is 27.9 Å². The van der Waals surface area contributed by atoms with Crippen LogP contribution in [0.3, 0.4) is 0 Å². The molecule has 1 aliphatic heterocycles. The second-order valence-electron chi connectivity index (χ2n) is 5.83. The SMILES string of the molecule is CCOc1ccc(C(c2cccc(Cl)c2Cl)N2CCNCC2)cc1. The Hall–Kier alpha value is -1.26. The largest absolute Gasteiger partial charge is 0.494 e. The van der Waals surface area contributed by atoms with Crippen LogP contribution in [0.15, 0.2) is 42.5 Å². The molecule has 24 heavy (non-hydrogen) atoms. The van der Waals surface area contributed by atoms with Crippen LogP contribution < -0.4 is 10.1 Å². The van der Waals surface area contributed by atoms with E-state index >= 15 is 0 Å². The lowest BCUT2D eigenvalue weighted by molar-refractivity contribution is 0.198. The average molecular weight is 365 g/mol. The van der Waals surface area contributed by atoms with Crippen molar-refractivity contribution in [2.75, 3.05) is 32.8 Å². The average Bonchev–Trinajstić information content (AvgIpc) is 2.61. The van der Waals surface area contributed by atoms with Gasteiger partial charge in [-0.15, -0.1) is 0 Å². The minimum Gasteiger partial charge on any atom is -0.494 e. The minimum absolute atomic E-state index is 0.0916. The van der Waals surface area contributed by atoms with Crippen molar-refractivity contribution in [2.24, 2.45) is 0 Å². The van der Waals surface area contributed by atoms with Crippen LogP contribution in [0.25, 0.3) is 0 Å². The maximum absolute atomic E-state index is 6.54. The van der Waals surface area contributed by atoms with Crippen LogP contribution in [0.5, 0.6) is 5.75 Å². The number of halogens is 2. The van der Waals surface area contributed by atoms with Crippen LogP contribution in [0, 0.1) is 0 Å². The van der Waals surface area contributed by atoms with Crippen molar-refractivity contribution >= 4 is 23.2 Å². The van der Waals surface area contributed by atoms with Gasteiger partial charge in [-0.2, -0.15) is 0 Å². The summed E-state index contributed by atoms with van der Waals surface area (Å²) >= 11 is 12.8. The molecule has 1 unspecified atom stereocenters. The van der Waals surface area contributed by atoms with E-state index in [0.29, 0.717) is 16.7 Å². The molecule has 1 N–H and O–H groups in total. The van der Waals surface area contributed by atoms with Crippen LogP contribution in [0.2, 0.25) is 10.0 Å². The Bertz CT molecular complexity index is 670. The molecule has 3 rings (SSSR count). The Labute approximate surface area is 153 Å². The monoisotopic (exact) mass is 364 g/mol. The molecule has 0 saturated carbocycles. The molecule has 1 atom stereocenters. The molecule has 0 aromatic heterocycles. The number of hydrogen-bond donors (Lipinski definition) is 1. The molecule has 0 radical (unpaired) electrons. The Morgan fingerprint density at radius 3 is 2.46 bits per heavy atom. The molecule has 0 spiro atoms. The summed E-state index contributed by atoms with van der Waals surface area (Å²) in [6, 6.07) is 14.2. The summed E-state index contributed by atoms with van der Waals surface area (Å²) in [5.41, 5.74) is 2.25. The summed E-state index contributed by atoms with van der Waals surface area (Å²) in [6.45, 7) is 6.56. The standard InChI is InChI=1S/C19H22Cl2N2O/c1-2-24-15-8-6-14(7-9-15)19(23-12-10-22-11-13-23)16-4-3-5-17(20)18(16)21/h3-9,19,22H,2,10-13H2,1H3. The maximum Gasteiger partial charge on any atom is 0.119 e. The maximum atomic E-state index is 6.54. The van der Waals surface area contributed by atoms with Crippen LogP contribution in [-0.2, 0) is 0 Å². The molecule has 1 heterocycles. The van der Waals surface area contributed by atoms with Gasteiger partial charge in [-0.3, -0.25) is 4.90 Å². The van der Waals surface area contributed by atoms with Crippen molar-refractivity contribution in [2.45, 2.75) is 13.0 Å². The number of rotatable bonds is 5. The van der Waals surface area contributed by atoms with Crippen LogP contribution in [-0.4, -0.2) is 37.7 Å². The first-order valence-corrected chi connectivity index (χ1v) is 9.07. The lowest BCUT2D eigenvalue weighted by Crippen LogP contribution is -2.45. The first kappa shape index (κ1) is 17.6. The lowest BCUT2D eigenvalue weighted by atomic mass is 9.96. The van der Waals surface area contributed by atoms with Crippen molar-refractivity contribution in [3.05, 3.63) is 63.6 Å². The fraction of sp³-hybridized carbons (Fsp3) is 0.368. The Morgan fingerprint density at radius 2 is 1.79 bits per heavy atom. The summed E-state index contributed by atoms with van der Waals surface area (Å²) in [5.74, 6) is 0.887. The summed E-state index contributed by atoms with van der Waals surface area (Å²) in [4.78, 5) is 2.45. The third-order valence-corrected chi connectivity index (χ3v) is 5.13. The third-order valence-electron chi connectivity index (χ3n) is 4.30. The molecule has 0 bridgehead atoms. The predicted octanol–water partition coefficient (Wildman–Crippen LogP) is 4.39. The smallest absolute Gasteiger partial charge is 0.119 e. The topological polar surface area (TPSA) is 24.5 Å². The van der Waals surface area contributed by atoms with Crippen molar-refractivity contribution in [3.63, 3.8) is 0 Å². The highest BCUT2D eigenvalue weighted by molar-refractivity contribution is 6.42. The fourth-order valence-corrected chi connectivity index (χ4v) is 3.58. The number of nitrogens with one attached hydrogen (secondary N) is 1. The Kier molecular flexibility index (Phi) is 6.01. The summed E-state index contributed by atoms with van der Waals surface area (Å²) in [6.07, 6.45) is 0. The molecular weight excluding hydrogens is 343 g/mol. The summed E-state index contributed by atoms with van der Waals surface area (Å²) in [5, 5.41) is 4.64. The van der Waals surface area contributed by atoms with Crippen LogP contribution in [0.1, 0.15) is 24.1 Å². The van der Waals surface area contributed by atoms with Crippen LogP contribution in [0.4, 0.5) is 0 Å². The molecule has 1 fully saturated rings. The molecular formula is C19H22Cl2N2O. The molecule has 2 aromatic carbocycles. The fourth-order valence-electron chi connectivity index (χ4n) is 3.17. The molecule has 5 heteroatoms. The van der Waals surface area contributed by atoms with Gasteiger partial charge in [0, 0.05) is 26.2 Å². The second kappa shape index (κ2) is 8.21. The van der Waals surface area contributed by atoms with Crippen molar-refractivity contribution in [3.8, 4) is 5.75 Å². The molecule has 128 valence electrons. The van der Waals surface area contributed by atoms with Gasteiger partial charge in [0.2, 0.25) is 0 Å². The van der Waals surface area contributed by atoms with E-state index in [-0.39, 0.29) is 6.04 Å². The number of benzene rings is 2. The number of ether oxygens (including phenoxy) is 1. The molecule has 1 aliphatic rings. The highest BCUT2D eigenvalue weighted by Crippen LogP contribution is 2.37.